The monoisotopic (exact) mass is 269 g/mol. The Morgan fingerprint density at radius 1 is 1.25 bits per heavy atom. The fraction of sp³-hybridized carbons (Fsp3) is 0.0714. The van der Waals surface area contributed by atoms with Gasteiger partial charge in [0.25, 0.3) is 0 Å². The molecule has 3 rings (SSSR count). The van der Waals surface area contributed by atoms with Gasteiger partial charge in [0.1, 0.15) is 6.33 Å². The molecule has 0 atom stereocenters. The van der Waals surface area contributed by atoms with Crippen LogP contribution in [0.15, 0.2) is 43.2 Å². The molecular weight excluding hydrogens is 257 g/mol. The first-order valence-corrected chi connectivity index (χ1v) is 6.08. The summed E-state index contributed by atoms with van der Waals surface area (Å²) in [7, 11) is 0. The maximum Gasteiger partial charge on any atom is 0.312 e. The average Bonchev–Trinajstić information content (AvgIpc) is 2.88. The molecule has 100 valence electrons. The molecule has 0 spiro atoms. The molecule has 0 saturated heterocycles. The molecule has 0 radical (unpaired) electrons. The summed E-state index contributed by atoms with van der Waals surface area (Å²) < 4.78 is 15.0. The minimum atomic E-state index is -0.795. The van der Waals surface area contributed by atoms with Crippen molar-refractivity contribution in [1.82, 2.24) is 19.5 Å². The Kier molecular flexibility index (Phi) is 3.12. The van der Waals surface area contributed by atoms with Gasteiger partial charge < -0.3 is 5.32 Å². The predicted molar refractivity (Wildman–Crippen MR) is 75.4 cm³/mol. The van der Waals surface area contributed by atoms with Gasteiger partial charge in [-0.2, -0.15) is 14.4 Å². The second kappa shape index (κ2) is 5.08. The molecule has 2 heterocycles. The van der Waals surface area contributed by atoms with Gasteiger partial charge in [-0.1, -0.05) is 36.9 Å². The van der Waals surface area contributed by atoms with Crippen LogP contribution in [0.2, 0.25) is 0 Å². The molecule has 0 saturated carbocycles. The number of halogens is 1. The summed E-state index contributed by atoms with van der Waals surface area (Å²) in [6.45, 7) is 4.16. The number of rotatable bonds is 4. The molecule has 5 nitrogen and oxygen atoms in total. The van der Waals surface area contributed by atoms with E-state index in [0.717, 1.165) is 5.56 Å². The quantitative estimate of drug-likeness (QED) is 0.740. The first-order chi connectivity index (χ1) is 9.78. The van der Waals surface area contributed by atoms with Crippen LogP contribution in [0, 0.1) is 6.08 Å². The Balaban J connectivity index is 1.95. The molecule has 0 fully saturated rings. The Hall–Kier alpha value is -2.76. The fourth-order valence-electron chi connectivity index (χ4n) is 1.93. The van der Waals surface area contributed by atoms with Gasteiger partial charge in [0.15, 0.2) is 17.0 Å². The second-order valence-electron chi connectivity index (χ2n) is 4.19. The summed E-state index contributed by atoms with van der Waals surface area (Å²) in [5, 5.41) is 3.08. The fourth-order valence-corrected chi connectivity index (χ4v) is 1.93. The van der Waals surface area contributed by atoms with E-state index in [-0.39, 0.29) is 0 Å². The first-order valence-electron chi connectivity index (χ1n) is 6.08. The van der Waals surface area contributed by atoms with Crippen molar-refractivity contribution in [2.75, 3.05) is 5.32 Å². The van der Waals surface area contributed by atoms with E-state index in [1.807, 2.05) is 30.3 Å². The Labute approximate surface area is 114 Å². The van der Waals surface area contributed by atoms with Crippen LogP contribution in [0.3, 0.4) is 0 Å². The van der Waals surface area contributed by atoms with Crippen molar-refractivity contribution in [3.05, 3.63) is 54.9 Å². The zero-order valence-electron chi connectivity index (χ0n) is 10.6. The lowest BCUT2D eigenvalue weighted by atomic mass is 10.2. The highest BCUT2D eigenvalue weighted by Crippen LogP contribution is 2.19. The number of nitrogens with zero attached hydrogens (tertiary/aromatic N) is 4. The van der Waals surface area contributed by atoms with Gasteiger partial charge in [0.05, 0.1) is 0 Å². The lowest BCUT2D eigenvalue weighted by Crippen LogP contribution is -2.05. The number of nitrogens with one attached hydrogen (secondary N) is 1. The molecule has 0 unspecified atom stereocenters. The Morgan fingerprint density at radius 2 is 2.05 bits per heavy atom. The third-order valence-electron chi connectivity index (χ3n) is 2.89. The lowest BCUT2D eigenvalue weighted by molar-refractivity contribution is 0.544. The number of anilines is 1. The van der Waals surface area contributed by atoms with Crippen molar-refractivity contribution in [1.29, 1.82) is 0 Å². The summed E-state index contributed by atoms with van der Waals surface area (Å²) in [5.41, 5.74) is 1.98. The molecule has 6 heteroatoms. The van der Waals surface area contributed by atoms with Crippen molar-refractivity contribution < 1.29 is 4.39 Å². The van der Waals surface area contributed by atoms with Gasteiger partial charge in [-0.25, -0.2) is 4.98 Å². The Morgan fingerprint density at radius 3 is 2.80 bits per heavy atom. The summed E-state index contributed by atoms with van der Waals surface area (Å²) in [6.07, 6.45) is 2.25. The van der Waals surface area contributed by atoms with Crippen molar-refractivity contribution in [3.8, 4) is 0 Å². The summed E-state index contributed by atoms with van der Waals surface area (Å²) in [5.74, 6) is 0.372. The second-order valence-corrected chi connectivity index (χ2v) is 4.19. The van der Waals surface area contributed by atoms with Crippen molar-refractivity contribution in [2.24, 2.45) is 0 Å². The third-order valence-corrected chi connectivity index (χ3v) is 2.89. The summed E-state index contributed by atoms with van der Waals surface area (Å²) in [4.78, 5) is 11.7. The molecule has 3 aromatic rings. The molecule has 0 amide bonds. The number of benzene rings is 1. The van der Waals surface area contributed by atoms with E-state index in [9.17, 15) is 4.39 Å². The maximum atomic E-state index is 13.5. The molecule has 1 aromatic carbocycles. The van der Waals surface area contributed by atoms with Crippen LogP contribution >= 0.6 is 0 Å². The van der Waals surface area contributed by atoms with E-state index >= 15 is 0 Å². The summed E-state index contributed by atoms with van der Waals surface area (Å²) >= 11 is 0. The largest absolute Gasteiger partial charge is 0.364 e. The highest BCUT2D eigenvalue weighted by Gasteiger charge is 2.12. The van der Waals surface area contributed by atoms with E-state index in [2.05, 4.69) is 26.8 Å². The van der Waals surface area contributed by atoms with Gasteiger partial charge in [0.2, 0.25) is 0 Å². The summed E-state index contributed by atoms with van der Waals surface area (Å²) in [6, 6.07) is 9.78. The molecular formula is C14H12FN5. The van der Waals surface area contributed by atoms with Crippen LogP contribution in [-0.4, -0.2) is 19.5 Å². The van der Waals surface area contributed by atoms with Crippen LogP contribution in [0.4, 0.5) is 10.2 Å². The van der Waals surface area contributed by atoms with E-state index in [0.29, 0.717) is 23.5 Å². The standard InChI is InChI=1S/C14H12FN5/c1-2-20-9-17-11-12(18-14(15)19-13(11)20)16-8-10-6-4-3-5-7-10/h2-7,9H,1,8H2,(H,16,18,19). The SMILES string of the molecule is C=Cn1cnc2c(NCc3ccccc3)nc(F)nc21. The van der Waals surface area contributed by atoms with Crippen molar-refractivity contribution >= 4 is 23.2 Å². The molecule has 0 aliphatic rings. The molecule has 0 aliphatic heterocycles. The minimum absolute atomic E-state index is 0.372. The highest BCUT2D eigenvalue weighted by atomic mass is 19.1. The number of hydrogen-bond donors (Lipinski definition) is 1. The van der Waals surface area contributed by atoms with E-state index in [4.69, 9.17) is 0 Å². The van der Waals surface area contributed by atoms with Gasteiger partial charge in [-0.15, -0.1) is 0 Å². The number of imidazole rings is 1. The van der Waals surface area contributed by atoms with E-state index in [1.165, 1.54) is 12.5 Å². The van der Waals surface area contributed by atoms with Crippen LogP contribution < -0.4 is 5.32 Å². The van der Waals surface area contributed by atoms with E-state index < -0.39 is 6.08 Å². The highest BCUT2D eigenvalue weighted by molar-refractivity contribution is 5.83. The number of aromatic nitrogens is 4. The Bertz CT molecular complexity index is 751. The molecule has 0 bridgehead atoms. The van der Waals surface area contributed by atoms with Crippen LogP contribution in [-0.2, 0) is 6.54 Å². The normalized spacial score (nSPS) is 10.7. The topological polar surface area (TPSA) is 55.6 Å². The molecule has 2 aromatic heterocycles. The average molecular weight is 269 g/mol. The minimum Gasteiger partial charge on any atom is -0.364 e. The number of fused-ring (bicyclic) bond motifs is 1. The predicted octanol–water partition coefficient (Wildman–Crippen LogP) is 2.68. The van der Waals surface area contributed by atoms with Gasteiger partial charge >= 0.3 is 6.08 Å². The van der Waals surface area contributed by atoms with Gasteiger partial charge in [0, 0.05) is 12.7 Å². The maximum absolute atomic E-state index is 13.5. The van der Waals surface area contributed by atoms with Crippen molar-refractivity contribution in [3.63, 3.8) is 0 Å². The third kappa shape index (κ3) is 2.23. The molecule has 1 N–H and O–H groups in total. The van der Waals surface area contributed by atoms with Crippen molar-refractivity contribution in [2.45, 2.75) is 6.54 Å². The lowest BCUT2D eigenvalue weighted by Gasteiger charge is -2.06. The zero-order chi connectivity index (χ0) is 13.9. The number of hydrogen-bond acceptors (Lipinski definition) is 4. The van der Waals surface area contributed by atoms with Crippen LogP contribution in [0.5, 0.6) is 0 Å². The van der Waals surface area contributed by atoms with E-state index in [1.54, 1.807) is 4.57 Å². The molecule has 0 aliphatic carbocycles. The van der Waals surface area contributed by atoms with Gasteiger partial charge in [-0.3, -0.25) is 4.57 Å². The van der Waals surface area contributed by atoms with Crippen LogP contribution in [0.25, 0.3) is 17.4 Å². The first kappa shape index (κ1) is 12.3. The zero-order valence-corrected chi connectivity index (χ0v) is 10.6. The smallest absolute Gasteiger partial charge is 0.312 e. The van der Waals surface area contributed by atoms with Crippen LogP contribution in [0.1, 0.15) is 5.56 Å². The molecule has 20 heavy (non-hydrogen) atoms. The van der Waals surface area contributed by atoms with Gasteiger partial charge in [-0.05, 0) is 5.56 Å².